The molecule has 2 aromatic heterocycles. The van der Waals surface area contributed by atoms with Crippen LogP contribution in [-0.4, -0.2) is 21.6 Å². The van der Waals surface area contributed by atoms with Crippen molar-refractivity contribution in [1.82, 2.24) is 14.5 Å². The van der Waals surface area contributed by atoms with Crippen LogP contribution in [0.4, 0.5) is 5.00 Å². The number of aromatic nitrogens is 3. The average molecular weight is 292 g/mol. The zero-order chi connectivity index (χ0) is 14.1. The first-order valence-electron chi connectivity index (χ1n) is 7.17. The zero-order valence-electron chi connectivity index (χ0n) is 12.1. The Hall–Kier alpha value is -1.43. The van der Waals surface area contributed by atoms with E-state index < -0.39 is 0 Å². The van der Waals surface area contributed by atoms with Gasteiger partial charge in [-0.05, 0) is 37.2 Å². The van der Waals surface area contributed by atoms with Crippen molar-refractivity contribution in [3.63, 3.8) is 0 Å². The van der Waals surface area contributed by atoms with Gasteiger partial charge in [-0.3, -0.25) is 0 Å². The summed E-state index contributed by atoms with van der Waals surface area (Å²) in [7, 11) is 1.89. The number of anilines is 1. The molecule has 0 amide bonds. The third-order valence-corrected chi connectivity index (χ3v) is 5.00. The molecule has 2 atom stereocenters. The van der Waals surface area contributed by atoms with Crippen LogP contribution in [0.3, 0.4) is 0 Å². The Morgan fingerprint density at radius 2 is 2.20 bits per heavy atom. The minimum atomic E-state index is 0.446. The third-order valence-electron chi connectivity index (χ3n) is 4.05. The van der Waals surface area contributed by atoms with Gasteiger partial charge in [-0.1, -0.05) is 24.9 Å². The number of rotatable bonds is 3. The van der Waals surface area contributed by atoms with Gasteiger partial charge in [0.1, 0.15) is 5.00 Å². The van der Waals surface area contributed by atoms with Crippen LogP contribution in [0.5, 0.6) is 0 Å². The molecule has 0 spiro atoms. The lowest BCUT2D eigenvalue weighted by Crippen LogP contribution is -2.12. The van der Waals surface area contributed by atoms with Gasteiger partial charge in [0.05, 0.1) is 11.3 Å². The molecule has 3 rings (SSSR count). The Morgan fingerprint density at radius 1 is 1.35 bits per heavy atom. The van der Waals surface area contributed by atoms with Gasteiger partial charge in [0, 0.05) is 13.0 Å². The van der Waals surface area contributed by atoms with Crippen molar-refractivity contribution >= 4 is 16.5 Å². The topological polar surface area (TPSA) is 63.8 Å². The molecule has 0 saturated heterocycles. The maximum absolute atomic E-state index is 5.49. The molecule has 2 heterocycles. The van der Waals surface area contributed by atoms with Gasteiger partial charge in [-0.2, -0.15) is 9.36 Å². The van der Waals surface area contributed by atoms with E-state index in [2.05, 4.69) is 26.8 Å². The van der Waals surface area contributed by atoms with E-state index in [1.807, 2.05) is 14.0 Å². The third kappa shape index (κ3) is 2.44. The summed E-state index contributed by atoms with van der Waals surface area (Å²) in [6.07, 6.45) is 4.91. The van der Waals surface area contributed by atoms with Crippen LogP contribution < -0.4 is 5.32 Å². The fourth-order valence-electron chi connectivity index (χ4n) is 2.96. The van der Waals surface area contributed by atoms with Crippen molar-refractivity contribution in [2.24, 2.45) is 5.92 Å². The number of hydrogen-bond acceptors (Lipinski definition) is 6. The maximum Gasteiger partial charge on any atom is 0.262 e. The Kier molecular flexibility index (Phi) is 3.74. The monoisotopic (exact) mass is 292 g/mol. The normalized spacial score (nSPS) is 22.9. The summed E-state index contributed by atoms with van der Waals surface area (Å²) < 4.78 is 9.84. The van der Waals surface area contributed by atoms with Crippen molar-refractivity contribution < 1.29 is 4.52 Å². The predicted molar refractivity (Wildman–Crippen MR) is 80.1 cm³/mol. The Bertz CT molecular complexity index is 592. The van der Waals surface area contributed by atoms with Gasteiger partial charge < -0.3 is 9.84 Å². The summed E-state index contributed by atoms with van der Waals surface area (Å²) in [5.74, 6) is 2.65. The summed E-state index contributed by atoms with van der Waals surface area (Å²) in [5, 5.41) is 8.33. The Morgan fingerprint density at radius 3 is 2.95 bits per heavy atom. The molecule has 2 aromatic rings. The standard InChI is InChI=1S/C14H20N4OS/c1-8-5-4-6-10(7-8)12-16-13(19-17-12)11-9(2)18-20-14(11)15-3/h8,10,15H,4-7H2,1-3H3. The molecule has 0 radical (unpaired) electrons. The first kappa shape index (κ1) is 13.5. The van der Waals surface area contributed by atoms with E-state index in [0.29, 0.717) is 11.8 Å². The van der Waals surface area contributed by atoms with E-state index in [4.69, 9.17) is 4.52 Å². The lowest BCUT2D eigenvalue weighted by Gasteiger charge is -2.23. The number of nitrogens with one attached hydrogen (secondary N) is 1. The van der Waals surface area contributed by atoms with Crippen LogP contribution in [0, 0.1) is 12.8 Å². The van der Waals surface area contributed by atoms with E-state index in [9.17, 15) is 0 Å². The average Bonchev–Trinajstić information content (AvgIpc) is 3.04. The summed E-state index contributed by atoms with van der Waals surface area (Å²) >= 11 is 1.43. The van der Waals surface area contributed by atoms with Crippen LogP contribution >= 0.6 is 11.5 Å². The largest absolute Gasteiger partial charge is 0.378 e. The predicted octanol–water partition coefficient (Wildman–Crippen LogP) is 3.84. The van der Waals surface area contributed by atoms with E-state index in [1.165, 1.54) is 37.2 Å². The van der Waals surface area contributed by atoms with Crippen molar-refractivity contribution in [1.29, 1.82) is 0 Å². The molecule has 1 aliphatic carbocycles. The Labute approximate surface area is 123 Å². The van der Waals surface area contributed by atoms with Crippen molar-refractivity contribution in [2.45, 2.75) is 45.4 Å². The summed E-state index contributed by atoms with van der Waals surface area (Å²) in [6.45, 7) is 4.28. The van der Waals surface area contributed by atoms with Crippen LogP contribution in [0.2, 0.25) is 0 Å². The molecule has 1 N–H and O–H groups in total. The van der Waals surface area contributed by atoms with Crippen molar-refractivity contribution in [3.05, 3.63) is 11.5 Å². The lowest BCUT2D eigenvalue weighted by atomic mass is 9.82. The number of nitrogens with zero attached hydrogens (tertiary/aromatic N) is 3. The highest BCUT2D eigenvalue weighted by molar-refractivity contribution is 7.10. The molecule has 2 unspecified atom stereocenters. The first-order valence-corrected chi connectivity index (χ1v) is 7.94. The molecule has 0 bridgehead atoms. The quantitative estimate of drug-likeness (QED) is 0.931. The Balaban J connectivity index is 1.88. The van der Waals surface area contributed by atoms with E-state index in [1.54, 1.807) is 0 Å². The number of aryl methyl sites for hydroxylation is 1. The highest BCUT2D eigenvalue weighted by atomic mass is 32.1. The van der Waals surface area contributed by atoms with Gasteiger partial charge in [0.25, 0.3) is 5.89 Å². The van der Waals surface area contributed by atoms with Gasteiger partial charge in [-0.25, -0.2) is 0 Å². The second-order valence-electron chi connectivity index (χ2n) is 5.65. The van der Waals surface area contributed by atoms with Crippen LogP contribution in [0.25, 0.3) is 11.5 Å². The summed E-state index contributed by atoms with van der Waals surface area (Å²) in [5.41, 5.74) is 1.88. The van der Waals surface area contributed by atoms with Crippen molar-refractivity contribution in [2.75, 3.05) is 12.4 Å². The molecule has 1 fully saturated rings. The molecule has 5 nitrogen and oxygen atoms in total. The molecule has 1 aliphatic rings. The smallest absolute Gasteiger partial charge is 0.262 e. The molecular weight excluding hydrogens is 272 g/mol. The molecule has 0 aliphatic heterocycles. The van der Waals surface area contributed by atoms with E-state index >= 15 is 0 Å². The van der Waals surface area contributed by atoms with Crippen molar-refractivity contribution in [3.8, 4) is 11.5 Å². The van der Waals surface area contributed by atoms with E-state index in [0.717, 1.165) is 28.0 Å². The molecule has 108 valence electrons. The fraction of sp³-hybridized carbons (Fsp3) is 0.643. The lowest BCUT2D eigenvalue weighted by molar-refractivity contribution is 0.324. The second-order valence-corrected chi connectivity index (χ2v) is 6.42. The highest BCUT2D eigenvalue weighted by Gasteiger charge is 2.26. The second kappa shape index (κ2) is 5.52. The minimum absolute atomic E-state index is 0.446. The zero-order valence-corrected chi connectivity index (χ0v) is 13.0. The van der Waals surface area contributed by atoms with Gasteiger partial charge in [-0.15, -0.1) is 0 Å². The minimum Gasteiger partial charge on any atom is -0.378 e. The molecule has 0 aromatic carbocycles. The summed E-state index contributed by atoms with van der Waals surface area (Å²) in [4.78, 5) is 4.63. The SMILES string of the molecule is CNc1snc(C)c1-c1nc(C2CCCC(C)C2)no1. The van der Waals surface area contributed by atoms with Gasteiger partial charge in [0.15, 0.2) is 5.82 Å². The van der Waals surface area contributed by atoms with Gasteiger partial charge >= 0.3 is 0 Å². The molecular formula is C14H20N4OS. The molecule has 6 heteroatoms. The first-order chi connectivity index (χ1) is 9.69. The molecule has 20 heavy (non-hydrogen) atoms. The fourth-order valence-corrected chi connectivity index (χ4v) is 3.70. The van der Waals surface area contributed by atoms with Crippen LogP contribution in [-0.2, 0) is 0 Å². The van der Waals surface area contributed by atoms with Crippen LogP contribution in [0.1, 0.15) is 50.0 Å². The number of hydrogen-bond donors (Lipinski definition) is 1. The highest BCUT2D eigenvalue weighted by Crippen LogP contribution is 2.37. The van der Waals surface area contributed by atoms with Gasteiger partial charge in [0.2, 0.25) is 0 Å². The summed E-state index contributed by atoms with van der Waals surface area (Å²) in [6, 6.07) is 0. The molecule has 1 saturated carbocycles. The maximum atomic E-state index is 5.49. The van der Waals surface area contributed by atoms with E-state index in [-0.39, 0.29) is 0 Å². The van der Waals surface area contributed by atoms with Crippen LogP contribution in [0.15, 0.2) is 4.52 Å².